The first-order chi connectivity index (χ1) is 18.1. The summed E-state index contributed by atoms with van der Waals surface area (Å²) in [4.78, 5) is 19.2. The van der Waals surface area contributed by atoms with E-state index in [2.05, 4.69) is 22.0 Å². The maximum atomic E-state index is 13.8. The number of fused-ring (bicyclic) bond motifs is 1. The van der Waals surface area contributed by atoms with Crippen LogP contribution in [0, 0.1) is 0 Å². The standard InChI is InChI=1S/C27H26F3N5O2S/c1-16(2)18-4-5-19(22(11-18)27(28,29)30)13-35-23-6-3-17(9-20(23)12-32-35)10-24-25(37)33-26(38-24)34-8-7-31-21(14-34)15-36/h3-6,9-12,21,31,36H,1,7-8,13-15H2,2H3/b24-10+. The first-order valence-corrected chi connectivity index (χ1v) is 12.9. The van der Waals surface area contributed by atoms with Crippen molar-refractivity contribution in [3.8, 4) is 0 Å². The highest BCUT2D eigenvalue weighted by molar-refractivity contribution is 8.18. The van der Waals surface area contributed by atoms with E-state index in [0.29, 0.717) is 46.4 Å². The quantitative estimate of drug-likeness (QED) is 0.467. The number of thioether (sulfide) groups is 1. The van der Waals surface area contributed by atoms with Gasteiger partial charge in [0.25, 0.3) is 5.91 Å². The zero-order valence-electron chi connectivity index (χ0n) is 20.6. The van der Waals surface area contributed by atoms with Gasteiger partial charge in [-0.2, -0.15) is 23.3 Å². The first-order valence-electron chi connectivity index (χ1n) is 12.1. The maximum Gasteiger partial charge on any atom is 0.416 e. The summed E-state index contributed by atoms with van der Waals surface area (Å²) in [6.07, 6.45) is -1.14. The third kappa shape index (κ3) is 5.40. The van der Waals surface area contributed by atoms with Gasteiger partial charge in [-0.15, -0.1) is 0 Å². The Balaban J connectivity index is 1.36. The van der Waals surface area contributed by atoms with Crippen molar-refractivity contribution in [2.75, 3.05) is 26.2 Å². The van der Waals surface area contributed by atoms with Crippen molar-refractivity contribution in [2.24, 2.45) is 4.99 Å². The predicted molar refractivity (Wildman–Crippen MR) is 143 cm³/mol. The largest absolute Gasteiger partial charge is 0.416 e. The van der Waals surface area contributed by atoms with E-state index >= 15 is 0 Å². The number of halogens is 3. The van der Waals surface area contributed by atoms with Crippen molar-refractivity contribution in [2.45, 2.75) is 25.7 Å². The number of hydrogen-bond acceptors (Lipinski definition) is 6. The van der Waals surface area contributed by atoms with Crippen molar-refractivity contribution in [3.63, 3.8) is 0 Å². The number of rotatable bonds is 5. The van der Waals surface area contributed by atoms with Crippen LogP contribution in [0.3, 0.4) is 0 Å². The Morgan fingerprint density at radius 2 is 2.11 bits per heavy atom. The maximum absolute atomic E-state index is 13.8. The van der Waals surface area contributed by atoms with E-state index in [9.17, 15) is 23.1 Å². The third-order valence-electron chi connectivity index (χ3n) is 6.55. The molecule has 1 saturated heterocycles. The number of nitrogens with zero attached hydrogens (tertiary/aromatic N) is 4. The number of amides is 1. The fraction of sp³-hybridized carbons (Fsp3) is 0.296. The Kier molecular flexibility index (Phi) is 7.17. The topological polar surface area (TPSA) is 82.8 Å². The summed E-state index contributed by atoms with van der Waals surface area (Å²) in [7, 11) is 0. The van der Waals surface area contributed by atoms with Gasteiger partial charge in [0, 0.05) is 31.1 Å². The second-order valence-corrected chi connectivity index (χ2v) is 10.4. The Morgan fingerprint density at radius 3 is 2.84 bits per heavy atom. The number of aliphatic hydroxyl groups excluding tert-OH is 1. The molecular formula is C27H26F3N5O2S. The molecule has 0 saturated carbocycles. The van der Waals surface area contributed by atoms with Crippen LogP contribution < -0.4 is 5.32 Å². The summed E-state index contributed by atoms with van der Waals surface area (Å²) >= 11 is 1.30. The zero-order chi connectivity index (χ0) is 27.0. The molecule has 3 aromatic rings. The van der Waals surface area contributed by atoms with Crippen molar-refractivity contribution in [1.29, 1.82) is 0 Å². The van der Waals surface area contributed by atoms with Crippen LogP contribution in [0.4, 0.5) is 13.2 Å². The number of carbonyl (C=O) groups excluding carboxylic acids is 1. The third-order valence-corrected chi connectivity index (χ3v) is 7.59. The summed E-state index contributed by atoms with van der Waals surface area (Å²) in [5.41, 5.74) is 1.87. The van der Waals surface area contributed by atoms with Crippen LogP contribution in [0.1, 0.15) is 29.2 Å². The van der Waals surface area contributed by atoms with Crippen LogP contribution in [0.5, 0.6) is 0 Å². The van der Waals surface area contributed by atoms with Gasteiger partial charge in [0.05, 0.1) is 35.3 Å². The number of aliphatic imine (C=N–C) groups is 1. The lowest BCUT2D eigenvalue weighted by atomic mass is 10.00. The Hall–Kier alpha value is -3.41. The number of piperazine rings is 1. The van der Waals surface area contributed by atoms with E-state index < -0.39 is 11.7 Å². The van der Waals surface area contributed by atoms with Crippen molar-refractivity contribution in [3.05, 3.63) is 76.3 Å². The highest BCUT2D eigenvalue weighted by Gasteiger charge is 2.34. The van der Waals surface area contributed by atoms with E-state index in [0.717, 1.165) is 17.0 Å². The lowest BCUT2D eigenvalue weighted by Crippen LogP contribution is -2.53. The summed E-state index contributed by atoms with van der Waals surface area (Å²) in [5.74, 6) is -0.322. The number of amidine groups is 1. The van der Waals surface area contributed by atoms with E-state index in [1.165, 1.54) is 22.5 Å². The van der Waals surface area contributed by atoms with Crippen LogP contribution in [-0.4, -0.2) is 63.1 Å². The number of allylic oxidation sites excluding steroid dienone is 1. The average Bonchev–Trinajstić information content (AvgIpc) is 3.46. The highest BCUT2D eigenvalue weighted by atomic mass is 32.2. The molecule has 0 aliphatic carbocycles. The summed E-state index contributed by atoms with van der Waals surface area (Å²) in [6.45, 7) is 7.35. The molecule has 2 aliphatic rings. The van der Waals surface area contributed by atoms with Crippen LogP contribution >= 0.6 is 11.8 Å². The van der Waals surface area contributed by atoms with E-state index in [4.69, 9.17) is 0 Å². The molecule has 38 heavy (non-hydrogen) atoms. The second kappa shape index (κ2) is 10.4. The molecule has 3 heterocycles. The van der Waals surface area contributed by atoms with E-state index in [1.807, 2.05) is 11.0 Å². The second-order valence-electron chi connectivity index (χ2n) is 9.36. The van der Waals surface area contributed by atoms with Crippen LogP contribution in [-0.2, 0) is 17.5 Å². The summed E-state index contributed by atoms with van der Waals surface area (Å²) in [5, 5.41) is 18.3. The van der Waals surface area contributed by atoms with Crippen LogP contribution in [0.25, 0.3) is 22.6 Å². The fourth-order valence-electron chi connectivity index (χ4n) is 4.53. The van der Waals surface area contributed by atoms with E-state index in [1.54, 1.807) is 37.4 Å². The molecule has 0 spiro atoms. The van der Waals surface area contributed by atoms with Crippen molar-refractivity contribution < 1.29 is 23.1 Å². The molecule has 1 aromatic heterocycles. The zero-order valence-corrected chi connectivity index (χ0v) is 21.4. The molecule has 198 valence electrons. The normalized spacial score (nSPS) is 19.4. The van der Waals surface area contributed by atoms with Gasteiger partial charge in [-0.3, -0.25) is 9.48 Å². The molecule has 1 amide bonds. The average molecular weight is 542 g/mol. The summed E-state index contributed by atoms with van der Waals surface area (Å²) in [6, 6.07) is 9.62. The molecule has 1 fully saturated rings. The number of alkyl halides is 3. The molecule has 2 aromatic carbocycles. The molecule has 11 heteroatoms. The van der Waals surface area contributed by atoms with Gasteiger partial charge in [0.2, 0.25) is 0 Å². The number of aromatic nitrogens is 2. The van der Waals surface area contributed by atoms with Gasteiger partial charge in [-0.1, -0.05) is 30.4 Å². The number of hydrogen-bond donors (Lipinski definition) is 2. The fourth-order valence-corrected chi connectivity index (χ4v) is 5.48. The minimum absolute atomic E-state index is 0.0100. The summed E-state index contributed by atoms with van der Waals surface area (Å²) < 4.78 is 42.9. The van der Waals surface area contributed by atoms with Crippen molar-refractivity contribution >= 4 is 45.4 Å². The molecule has 0 radical (unpaired) electrons. The minimum atomic E-state index is -4.50. The van der Waals surface area contributed by atoms with Gasteiger partial charge >= 0.3 is 6.18 Å². The van der Waals surface area contributed by atoms with Gasteiger partial charge in [0.1, 0.15) is 0 Å². The van der Waals surface area contributed by atoms with Crippen molar-refractivity contribution in [1.82, 2.24) is 20.0 Å². The smallest absolute Gasteiger partial charge is 0.395 e. The number of carbonyl (C=O) groups is 1. The SMILES string of the molecule is C=C(C)c1ccc(Cn2ncc3cc(/C=C4/SC(N5CCNC(CO)C5)=NC4=O)ccc32)c(C(F)(F)F)c1. The molecule has 7 nitrogen and oxygen atoms in total. The Bertz CT molecular complexity index is 1480. The van der Waals surface area contributed by atoms with Crippen LogP contribution in [0.2, 0.25) is 0 Å². The molecule has 2 N–H and O–H groups in total. The lowest BCUT2D eigenvalue weighted by Gasteiger charge is -2.33. The Labute approximate surface area is 221 Å². The first kappa shape index (κ1) is 26.2. The van der Waals surface area contributed by atoms with Gasteiger partial charge < -0.3 is 15.3 Å². The number of nitrogens with one attached hydrogen (secondary N) is 1. The number of benzene rings is 2. The van der Waals surface area contributed by atoms with Crippen LogP contribution in [0.15, 0.2) is 59.1 Å². The lowest BCUT2D eigenvalue weighted by molar-refractivity contribution is -0.138. The minimum Gasteiger partial charge on any atom is -0.395 e. The predicted octanol–water partition coefficient (Wildman–Crippen LogP) is 4.37. The van der Waals surface area contributed by atoms with Gasteiger partial charge in [-0.05, 0) is 59.7 Å². The molecule has 2 aliphatic heterocycles. The molecule has 1 atom stereocenters. The molecular weight excluding hydrogens is 515 g/mol. The molecule has 1 unspecified atom stereocenters. The number of aliphatic hydroxyl groups is 1. The molecule has 0 bridgehead atoms. The van der Waals surface area contributed by atoms with E-state index in [-0.39, 0.29) is 30.7 Å². The van der Waals surface area contributed by atoms with Gasteiger partial charge in [0.15, 0.2) is 5.17 Å². The molecule has 5 rings (SSSR count). The highest BCUT2D eigenvalue weighted by Crippen LogP contribution is 2.35. The monoisotopic (exact) mass is 541 g/mol. The Morgan fingerprint density at radius 1 is 1.29 bits per heavy atom. The van der Waals surface area contributed by atoms with Gasteiger partial charge in [-0.25, -0.2) is 0 Å².